The maximum absolute atomic E-state index is 3.42. The second-order valence-corrected chi connectivity index (χ2v) is 6.09. The lowest BCUT2D eigenvalue weighted by Gasteiger charge is -2.30. The first kappa shape index (κ1) is 13.8. The number of anilines is 1. The Morgan fingerprint density at radius 2 is 2.22 bits per heavy atom. The molecule has 0 saturated carbocycles. The van der Waals surface area contributed by atoms with Gasteiger partial charge in [0.25, 0.3) is 0 Å². The van der Waals surface area contributed by atoms with Crippen LogP contribution in [0.1, 0.15) is 31.4 Å². The van der Waals surface area contributed by atoms with E-state index in [-0.39, 0.29) is 0 Å². The van der Waals surface area contributed by atoms with E-state index in [4.69, 9.17) is 0 Å². The van der Waals surface area contributed by atoms with E-state index in [1.807, 2.05) is 0 Å². The van der Waals surface area contributed by atoms with Crippen molar-refractivity contribution in [1.82, 2.24) is 5.32 Å². The predicted octanol–water partition coefficient (Wildman–Crippen LogP) is 3.30. The van der Waals surface area contributed by atoms with Crippen LogP contribution >= 0.6 is 11.8 Å². The molecular formula is C15H24N2S. The third-order valence-electron chi connectivity index (χ3n) is 3.90. The van der Waals surface area contributed by atoms with Crippen molar-refractivity contribution in [2.45, 2.75) is 31.8 Å². The average Bonchev–Trinajstić information content (AvgIpc) is 2.94. The van der Waals surface area contributed by atoms with Gasteiger partial charge < -0.3 is 10.2 Å². The van der Waals surface area contributed by atoms with E-state index in [1.165, 1.54) is 29.2 Å². The number of rotatable bonds is 5. The van der Waals surface area contributed by atoms with Gasteiger partial charge in [0.05, 0.1) is 0 Å². The standard InChI is InChI=1S/C15H24N2S/c1-4-14(16-2)13-7-5-6-8-15(13)17(3)12-9-10-18-11-12/h5-8,12,14,16H,4,9-11H2,1-3H3. The van der Waals surface area contributed by atoms with Crippen molar-refractivity contribution in [2.75, 3.05) is 30.5 Å². The molecule has 0 aliphatic carbocycles. The zero-order valence-electron chi connectivity index (χ0n) is 11.6. The summed E-state index contributed by atoms with van der Waals surface area (Å²) in [5, 5.41) is 3.42. The van der Waals surface area contributed by atoms with Crippen LogP contribution in [0.4, 0.5) is 5.69 Å². The molecule has 1 heterocycles. The summed E-state index contributed by atoms with van der Waals surface area (Å²) in [6.07, 6.45) is 2.44. The molecule has 100 valence electrons. The highest BCUT2D eigenvalue weighted by molar-refractivity contribution is 7.99. The molecule has 0 amide bonds. The molecule has 1 aliphatic heterocycles. The molecule has 1 N–H and O–H groups in total. The van der Waals surface area contributed by atoms with Crippen LogP contribution in [0.15, 0.2) is 24.3 Å². The number of nitrogens with zero attached hydrogens (tertiary/aromatic N) is 1. The van der Waals surface area contributed by atoms with Gasteiger partial charge in [0.2, 0.25) is 0 Å². The Labute approximate surface area is 115 Å². The van der Waals surface area contributed by atoms with Gasteiger partial charge in [-0.1, -0.05) is 25.1 Å². The van der Waals surface area contributed by atoms with Gasteiger partial charge in [-0.2, -0.15) is 11.8 Å². The molecule has 2 nitrogen and oxygen atoms in total. The van der Waals surface area contributed by atoms with Gasteiger partial charge in [-0.05, 0) is 37.3 Å². The van der Waals surface area contributed by atoms with Crippen molar-refractivity contribution in [3.63, 3.8) is 0 Å². The number of benzene rings is 1. The van der Waals surface area contributed by atoms with E-state index in [0.717, 1.165) is 6.42 Å². The molecule has 1 aromatic carbocycles. The summed E-state index contributed by atoms with van der Waals surface area (Å²) in [5.41, 5.74) is 2.83. The van der Waals surface area contributed by atoms with Crippen molar-refractivity contribution in [3.8, 4) is 0 Å². The van der Waals surface area contributed by atoms with Crippen LogP contribution in [0.25, 0.3) is 0 Å². The zero-order valence-corrected chi connectivity index (χ0v) is 12.5. The van der Waals surface area contributed by atoms with Gasteiger partial charge in [-0.15, -0.1) is 0 Å². The summed E-state index contributed by atoms with van der Waals surface area (Å²) in [6.45, 7) is 2.24. The van der Waals surface area contributed by atoms with E-state index in [1.54, 1.807) is 0 Å². The Bertz CT molecular complexity index is 371. The maximum atomic E-state index is 3.42. The number of nitrogens with one attached hydrogen (secondary N) is 1. The first-order valence-electron chi connectivity index (χ1n) is 6.84. The van der Waals surface area contributed by atoms with Crippen molar-refractivity contribution >= 4 is 17.4 Å². The summed E-state index contributed by atoms with van der Waals surface area (Å²) in [6, 6.07) is 9.98. The van der Waals surface area contributed by atoms with Gasteiger partial charge in [-0.3, -0.25) is 0 Å². The Kier molecular flexibility index (Phi) is 4.95. The largest absolute Gasteiger partial charge is 0.370 e. The number of hydrogen-bond acceptors (Lipinski definition) is 3. The van der Waals surface area contributed by atoms with Crippen LogP contribution in [-0.4, -0.2) is 31.6 Å². The third-order valence-corrected chi connectivity index (χ3v) is 5.05. The van der Waals surface area contributed by atoms with Crippen LogP contribution < -0.4 is 10.2 Å². The van der Waals surface area contributed by atoms with Gasteiger partial charge in [0.1, 0.15) is 0 Å². The van der Waals surface area contributed by atoms with Crippen LogP contribution in [0.5, 0.6) is 0 Å². The summed E-state index contributed by atoms with van der Waals surface area (Å²) >= 11 is 2.07. The number of hydrogen-bond donors (Lipinski definition) is 1. The molecule has 0 spiro atoms. The number of para-hydroxylation sites is 1. The first-order valence-corrected chi connectivity index (χ1v) is 8.00. The lowest BCUT2D eigenvalue weighted by atomic mass is 10.0. The number of thioether (sulfide) groups is 1. The smallest absolute Gasteiger partial charge is 0.0414 e. The molecule has 1 aromatic rings. The fourth-order valence-corrected chi connectivity index (χ4v) is 3.97. The maximum Gasteiger partial charge on any atom is 0.0414 e. The summed E-state index contributed by atoms with van der Waals surface area (Å²) in [5.74, 6) is 2.57. The van der Waals surface area contributed by atoms with Gasteiger partial charge >= 0.3 is 0 Å². The van der Waals surface area contributed by atoms with Crippen LogP contribution in [0.2, 0.25) is 0 Å². The van der Waals surface area contributed by atoms with Crippen molar-refractivity contribution in [3.05, 3.63) is 29.8 Å². The van der Waals surface area contributed by atoms with Crippen molar-refractivity contribution in [2.24, 2.45) is 0 Å². The van der Waals surface area contributed by atoms with Gasteiger partial charge in [-0.25, -0.2) is 0 Å². The fourth-order valence-electron chi connectivity index (χ4n) is 2.71. The molecule has 18 heavy (non-hydrogen) atoms. The minimum atomic E-state index is 0.456. The average molecular weight is 264 g/mol. The Hall–Kier alpha value is -0.670. The highest BCUT2D eigenvalue weighted by atomic mass is 32.2. The molecule has 2 atom stereocenters. The minimum Gasteiger partial charge on any atom is -0.370 e. The second kappa shape index (κ2) is 6.48. The van der Waals surface area contributed by atoms with Crippen LogP contribution in [0, 0.1) is 0 Å². The Morgan fingerprint density at radius 1 is 1.44 bits per heavy atom. The SMILES string of the molecule is CCC(NC)c1ccccc1N(C)C1CCSC1. The van der Waals surface area contributed by atoms with Crippen LogP contribution in [0.3, 0.4) is 0 Å². The normalized spacial score (nSPS) is 20.9. The molecule has 1 aliphatic rings. The quantitative estimate of drug-likeness (QED) is 0.878. The monoisotopic (exact) mass is 264 g/mol. The van der Waals surface area contributed by atoms with E-state index >= 15 is 0 Å². The summed E-state index contributed by atoms with van der Waals surface area (Å²) in [7, 11) is 4.30. The molecular weight excluding hydrogens is 240 g/mol. The minimum absolute atomic E-state index is 0.456. The Balaban J connectivity index is 2.25. The molecule has 2 rings (SSSR count). The topological polar surface area (TPSA) is 15.3 Å². The summed E-state index contributed by atoms with van der Waals surface area (Å²) in [4.78, 5) is 2.48. The van der Waals surface area contributed by atoms with Crippen LogP contribution in [-0.2, 0) is 0 Å². The van der Waals surface area contributed by atoms with E-state index in [2.05, 4.69) is 67.3 Å². The second-order valence-electron chi connectivity index (χ2n) is 4.94. The molecule has 0 radical (unpaired) electrons. The molecule has 1 fully saturated rings. The van der Waals surface area contributed by atoms with Crippen molar-refractivity contribution in [1.29, 1.82) is 0 Å². The molecule has 1 saturated heterocycles. The van der Waals surface area contributed by atoms with Gasteiger partial charge in [0.15, 0.2) is 0 Å². The van der Waals surface area contributed by atoms with E-state index < -0.39 is 0 Å². The summed E-state index contributed by atoms with van der Waals surface area (Å²) < 4.78 is 0. The predicted molar refractivity (Wildman–Crippen MR) is 82.7 cm³/mol. The molecule has 2 unspecified atom stereocenters. The first-order chi connectivity index (χ1) is 8.77. The van der Waals surface area contributed by atoms with Gasteiger partial charge in [0, 0.05) is 30.6 Å². The highest BCUT2D eigenvalue weighted by Crippen LogP contribution is 2.31. The molecule has 0 aromatic heterocycles. The lowest BCUT2D eigenvalue weighted by molar-refractivity contribution is 0.572. The third kappa shape index (κ3) is 2.83. The van der Waals surface area contributed by atoms with E-state index in [0.29, 0.717) is 12.1 Å². The van der Waals surface area contributed by atoms with E-state index in [9.17, 15) is 0 Å². The highest BCUT2D eigenvalue weighted by Gasteiger charge is 2.23. The van der Waals surface area contributed by atoms with Crippen molar-refractivity contribution < 1.29 is 0 Å². The Morgan fingerprint density at radius 3 is 2.83 bits per heavy atom. The zero-order chi connectivity index (χ0) is 13.0. The molecule has 3 heteroatoms. The lowest BCUT2D eigenvalue weighted by Crippen LogP contribution is -2.33. The fraction of sp³-hybridized carbons (Fsp3) is 0.600. The molecule has 0 bridgehead atoms.